The molecule has 0 saturated heterocycles. The van der Waals surface area contributed by atoms with Gasteiger partial charge in [0.25, 0.3) is 5.91 Å². The first-order chi connectivity index (χ1) is 10.5. The van der Waals surface area contributed by atoms with Gasteiger partial charge in [0.1, 0.15) is 6.42 Å². The molecule has 0 aliphatic carbocycles. The number of halogens is 1. The van der Waals surface area contributed by atoms with E-state index in [9.17, 15) is 4.79 Å². The zero-order valence-corrected chi connectivity index (χ0v) is 13.1. The van der Waals surface area contributed by atoms with E-state index in [-0.39, 0.29) is 6.42 Å². The molecule has 0 unspecified atom stereocenters. The third-order valence-electron chi connectivity index (χ3n) is 3.19. The molecule has 0 spiro atoms. The van der Waals surface area contributed by atoms with Crippen LogP contribution in [0.1, 0.15) is 23.4 Å². The maximum atomic E-state index is 11.2. The van der Waals surface area contributed by atoms with Gasteiger partial charge in [-0.3, -0.25) is 4.79 Å². The van der Waals surface area contributed by atoms with Crippen molar-refractivity contribution in [2.24, 2.45) is 5.10 Å². The summed E-state index contributed by atoms with van der Waals surface area (Å²) in [6.07, 6.45) is 1.37. The fourth-order valence-corrected chi connectivity index (χ4v) is 2.32. The first-order valence-electron chi connectivity index (χ1n) is 6.66. The van der Waals surface area contributed by atoms with Crippen molar-refractivity contribution in [3.63, 3.8) is 0 Å². The van der Waals surface area contributed by atoms with Crippen LogP contribution in [0.2, 0.25) is 5.02 Å². The summed E-state index contributed by atoms with van der Waals surface area (Å²) >= 11 is 5.91. The number of amides is 1. The van der Waals surface area contributed by atoms with E-state index in [2.05, 4.69) is 15.1 Å². The lowest BCUT2D eigenvalue weighted by molar-refractivity contribution is -0.120. The van der Waals surface area contributed by atoms with E-state index >= 15 is 0 Å². The molecule has 0 aliphatic heterocycles. The lowest BCUT2D eigenvalue weighted by Gasteiger charge is -2.09. The average Bonchev–Trinajstić information content (AvgIpc) is 2.75. The molecule has 2 aromatic rings. The molecular formula is C16H15ClN4O. The van der Waals surface area contributed by atoms with Gasteiger partial charge in [0, 0.05) is 27.7 Å². The Hall–Kier alpha value is -2.58. The molecule has 1 N–H and O–H groups in total. The topological polar surface area (TPSA) is 70.2 Å². The van der Waals surface area contributed by atoms with Gasteiger partial charge in [-0.05, 0) is 44.2 Å². The third kappa shape index (κ3) is 3.54. The molecule has 22 heavy (non-hydrogen) atoms. The number of hydrogen-bond acceptors (Lipinski definition) is 3. The molecule has 0 bridgehead atoms. The molecule has 0 aliphatic rings. The lowest BCUT2D eigenvalue weighted by Crippen LogP contribution is -2.16. The normalized spacial score (nSPS) is 10.6. The maximum Gasteiger partial charge on any atom is 0.254 e. The summed E-state index contributed by atoms with van der Waals surface area (Å²) in [4.78, 5) is 11.2. The molecule has 2 rings (SSSR count). The van der Waals surface area contributed by atoms with Crippen LogP contribution in [-0.4, -0.2) is 16.7 Å². The van der Waals surface area contributed by atoms with Crippen LogP contribution in [0.5, 0.6) is 0 Å². The number of hydrazone groups is 1. The fraction of sp³-hybridized carbons (Fsp3) is 0.188. The third-order valence-corrected chi connectivity index (χ3v) is 3.44. The Kier molecular flexibility index (Phi) is 4.97. The number of nitriles is 1. The van der Waals surface area contributed by atoms with Crippen LogP contribution < -0.4 is 5.43 Å². The minimum Gasteiger partial charge on any atom is -0.318 e. The highest BCUT2D eigenvalue weighted by Crippen LogP contribution is 2.21. The second-order valence-electron chi connectivity index (χ2n) is 4.77. The molecule has 5 nitrogen and oxygen atoms in total. The largest absolute Gasteiger partial charge is 0.318 e. The monoisotopic (exact) mass is 314 g/mol. The van der Waals surface area contributed by atoms with E-state index in [1.54, 1.807) is 12.3 Å². The van der Waals surface area contributed by atoms with Gasteiger partial charge in [-0.1, -0.05) is 11.6 Å². The standard InChI is InChI=1S/C16H15ClN4O/c1-11-9-13(10-19-20-16(22)7-8-18)12(2)21(11)15-5-3-14(17)4-6-15/h3-6,9-10H,7H2,1-2H3,(H,20,22)/b19-10+. The molecule has 6 heteroatoms. The van der Waals surface area contributed by atoms with Crippen molar-refractivity contribution in [3.8, 4) is 11.8 Å². The molecule has 1 aromatic heterocycles. The molecule has 1 aromatic carbocycles. The highest BCUT2D eigenvalue weighted by molar-refractivity contribution is 6.30. The van der Waals surface area contributed by atoms with E-state index in [0.717, 1.165) is 22.6 Å². The van der Waals surface area contributed by atoms with Crippen LogP contribution in [0.15, 0.2) is 35.4 Å². The lowest BCUT2D eigenvalue weighted by atomic mass is 10.2. The molecule has 0 atom stereocenters. The zero-order chi connectivity index (χ0) is 16.1. The predicted molar refractivity (Wildman–Crippen MR) is 86.2 cm³/mol. The number of nitrogens with zero attached hydrogens (tertiary/aromatic N) is 3. The van der Waals surface area contributed by atoms with Crippen LogP contribution in [0, 0.1) is 25.2 Å². The molecular weight excluding hydrogens is 300 g/mol. The molecule has 0 radical (unpaired) electrons. The Morgan fingerprint density at radius 3 is 2.73 bits per heavy atom. The van der Waals surface area contributed by atoms with Gasteiger partial charge in [0.15, 0.2) is 0 Å². The highest BCUT2D eigenvalue weighted by Gasteiger charge is 2.09. The Bertz CT molecular complexity index is 754. The Balaban J connectivity index is 2.24. The summed E-state index contributed by atoms with van der Waals surface area (Å²) < 4.78 is 2.08. The van der Waals surface area contributed by atoms with E-state index in [1.165, 1.54) is 0 Å². The van der Waals surface area contributed by atoms with Gasteiger partial charge in [0.2, 0.25) is 0 Å². The van der Waals surface area contributed by atoms with Gasteiger partial charge in [-0.25, -0.2) is 5.43 Å². The number of carbonyl (C=O) groups excluding carboxylic acids is 1. The van der Waals surface area contributed by atoms with Gasteiger partial charge in [-0.15, -0.1) is 0 Å². The van der Waals surface area contributed by atoms with E-state index in [1.807, 2.05) is 44.2 Å². The number of hydrogen-bond donors (Lipinski definition) is 1. The Morgan fingerprint density at radius 2 is 2.09 bits per heavy atom. The smallest absolute Gasteiger partial charge is 0.254 e. The first kappa shape index (κ1) is 15.8. The quantitative estimate of drug-likeness (QED) is 0.696. The zero-order valence-electron chi connectivity index (χ0n) is 12.3. The summed E-state index contributed by atoms with van der Waals surface area (Å²) in [5, 5.41) is 13.0. The van der Waals surface area contributed by atoms with E-state index < -0.39 is 5.91 Å². The number of nitrogens with one attached hydrogen (secondary N) is 1. The number of rotatable bonds is 4. The predicted octanol–water partition coefficient (Wildman–Crippen LogP) is 3.11. The molecule has 0 fully saturated rings. The van der Waals surface area contributed by atoms with Crippen molar-refractivity contribution in [1.29, 1.82) is 5.26 Å². The van der Waals surface area contributed by atoms with Crippen LogP contribution in [0.4, 0.5) is 0 Å². The van der Waals surface area contributed by atoms with Crippen molar-refractivity contribution in [1.82, 2.24) is 9.99 Å². The Labute approximate surface area is 133 Å². The van der Waals surface area contributed by atoms with Crippen molar-refractivity contribution in [2.75, 3.05) is 0 Å². The van der Waals surface area contributed by atoms with Gasteiger partial charge >= 0.3 is 0 Å². The first-order valence-corrected chi connectivity index (χ1v) is 7.04. The SMILES string of the molecule is Cc1cc(/C=N/NC(=O)CC#N)c(C)n1-c1ccc(Cl)cc1. The van der Waals surface area contributed by atoms with Crippen LogP contribution in [-0.2, 0) is 4.79 Å². The average molecular weight is 315 g/mol. The van der Waals surface area contributed by atoms with Crippen LogP contribution >= 0.6 is 11.6 Å². The second-order valence-corrected chi connectivity index (χ2v) is 5.20. The van der Waals surface area contributed by atoms with Crippen molar-refractivity contribution in [3.05, 3.63) is 52.3 Å². The summed E-state index contributed by atoms with van der Waals surface area (Å²) in [6, 6.07) is 11.3. The maximum absolute atomic E-state index is 11.2. The van der Waals surface area contributed by atoms with Gasteiger partial charge in [-0.2, -0.15) is 10.4 Å². The summed E-state index contributed by atoms with van der Waals surface area (Å²) in [5.74, 6) is -0.426. The van der Waals surface area contributed by atoms with Crippen molar-refractivity contribution < 1.29 is 4.79 Å². The summed E-state index contributed by atoms with van der Waals surface area (Å²) in [6.45, 7) is 3.97. The number of carbonyl (C=O) groups is 1. The minimum atomic E-state index is -0.426. The second kappa shape index (κ2) is 6.92. The fourth-order valence-electron chi connectivity index (χ4n) is 2.19. The summed E-state index contributed by atoms with van der Waals surface area (Å²) in [5.41, 5.74) is 6.26. The van der Waals surface area contributed by atoms with Gasteiger partial charge < -0.3 is 4.57 Å². The van der Waals surface area contributed by atoms with E-state index in [4.69, 9.17) is 16.9 Å². The van der Waals surface area contributed by atoms with Crippen LogP contribution in [0.25, 0.3) is 5.69 Å². The number of aromatic nitrogens is 1. The van der Waals surface area contributed by atoms with Crippen molar-refractivity contribution in [2.45, 2.75) is 20.3 Å². The number of benzene rings is 1. The molecule has 0 saturated carbocycles. The van der Waals surface area contributed by atoms with Gasteiger partial charge in [0.05, 0.1) is 12.3 Å². The van der Waals surface area contributed by atoms with Crippen molar-refractivity contribution >= 4 is 23.7 Å². The minimum absolute atomic E-state index is 0.207. The molecule has 112 valence electrons. The van der Waals surface area contributed by atoms with Crippen LogP contribution in [0.3, 0.4) is 0 Å². The number of aryl methyl sites for hydroxylation is 1. The highest BCUT2D eigenvalue weighted by atomic mass is 35.5. The van der Waals surface area contributed by atoms with E-state index in [0.29, 0.717) is 5.02 Å². The Morgan fingerprint density at radius 1 is 1.41 bits per heavy atom. The molecule has 1 amide bonds. The molecule has 1 heterocycles. The summed E-state index contributed by atoms with van der Waals surface area (Å²) in [7, 11) is 0.